The molecule has 0 spiro atoms. The normalized spacial score (nSPS) is 16.4. The molecule has 4 rings (SSSR count). The second kappa shape index (κ2) is 4.99. The average molecular weight is 309 g/mol. The second-order valence-corrected chi connectivity index (χ2v) is 6.06. The standard InChI is InChI=1S/C18H16FN3O/c1-12-3-2-4-15-16(12)20-11-21-17(15)22-9-18(23,10-22)13-5-7-14(19)8-6-13/h2-8,11,23H,9-10H2,1H3. The summed E-state index contributed by atoms with van der Waals surface area (Å²) in [4.78, 5) is 10.8. The van der Waals surface area contributed by atoms with E-state index in [1.165, 1.54) is 12.1 Å². The van der Waals surface area contributed by atoms with Crippen molar-refractivity contribution >= 4 is 16.7 Å². The zero-order chi connectivity index (χ0) is 16.0. The van der Waals surface area contributed by atoms with Crippen molar-refractivity contribution in [2.75, 3.05) is 18.0 Å². The Morgan fingerprint density at radius 3 is 2.57 bits per heavy atom. The molecule has 116 valence electrons. The molecule has 0 unspecified atom stereocenters. The van der Waals surface area contributed by atoms with Crippen LogP contribution in [0.5, 0.6) is 0 Å². The first-order valence-electron chi connectivity index (χ1n) is 7.50. The fourth-order valence-electron chi connectivity index (χ4n) is 3.15. The number of β-amino-alcohol motifs (C(OH)–C–C–N with tert-alkyl or cyclic N) is 1. The highest BCUT2D eigenvalue weighted by atomic mass is 19.1. The highest BCUT2D eigenvalue weighted by Crippen LogP contribution is 2.37. The van der Waals surface area contributed by atoms with E-state index in [0.29, 0.717) is 13.1 Å². The monoisotopic (exact) mass is 309 g/mol. The van der Waals surface area contributed by atoms with Crippen molar-refractivity contribution in [2.24, 2.45) is 0 Å². The van der Waals surface area contributed by atoms with Crippen LogP contribution in [0.2, 0.25) is 0 Å². The molecule has 0 saturated carbocycles. The summed E-state index contributed by atoms with van der Waals surface area (Å²) >= 11 is 0. The van der Waals surface area contributed by atoms with Crippen molar-refractivity contribution in [1.29, 1.82) is 0 Å². The van der Waals surface area contributed by atoms with Gasteiger partial charge in [0.25, 0.3) is 0 Å². The van der Waals surface area contributed by atoms with Crippen molar-refractivity contribution in [2.45, 2.75) is 12.5 Å². The highest BCUT2D eigenvalue weighted by Gasteiger charge is 2.43. The summed E-state index contributed by atoms with van der Waals surface area (Å²) in [5.41, 5.74) is 1.79. The number of para-hydroxylation sites is 1. The molecule has 0 amide bonds. The van der Waals surface area contributed by atoms with Gasteiger partial charge in [0.1, 0.15) is 23.6 Å². The van der Waals surface area contributed by atoms with Gasteiger partial charge in [-0.2, -0.15) is 0 Å². The van der Waals surface area contributed by atoms with E-state index < -0.39 is 5.60 Å². The van der Waals surface area contributed by atoms with E-state index in [2.05, 4.69) is 9.97 Å². The van der Waals surface area contributed by atoms with Gasteiger partial charge in [0.05, 0.1) is 18.6 Å². The lowest BCUT2D eigenvalue weighted by Gasteiger charge is -2.47. The van der Waals surface area contributed by atoms with Crippen molar-refractivity contribution < 1.29 is 9.50 Å². The minimum atomic E-state index is -0.963. The molecule has 5 heteroatoms. The predicted molar refractivity (Wildman–Crippen MR) is 86.8 cm³/mol. The molecular formula is C18H16FN3O. The van der Waals surface area contributed by atoms with Gasteiger partial charge in [-0.15, -0.1) is 0 Å². The number of nitrogens with zero attached hydrogens (tertiary/aromatic N) is 3. The zero-order valence-electron chi connectivity index (χ0n) is 12.7. The summed E-state index contributed by atoms with van der Waals surface area (Å²) in [6.07, 6.45) is 1.56. The van der Waals surface area contributed by atoms with Gasteiger partial charge in [-0.05, 0) is 36.2 Å². The fraction of sp³-hybridized carbons (Fsp3) is 0.222. The predicted octanol–water partition coefficient (Wildman–Crippen LogP) is 2.79. The summed E-state index contributed by atoms with van der Waals surface area (Å²) < 4.78 is 13.0. The van der Waals surface area contributed by atoms with E-state index in [1.54, 1.807) is 18.5 Å². The van der Waals surface area contributed by atoms with E-state index in [1.807, 2.05) is 30.0 Å². The molecule has 1 aliphatic heterocycles. The molecule has 2 heterocycles. The van der Waals surface area contributed by atoms with Crippen molar-refractivity contribution in [3.63, 3.8) is 0 Å². The Morgan fingerprint density at radius 2 is 1.83 bits per heavy atom. The molecule has 23 heavy (non-hydrogen) atoms. The Morgan fingerprint density at radius 1 is 1.09 bits per heavy atom. The van der Waals surface area contributed by atoms with Gasteiger partial charge in [0, 0.05) is 5.39 Å². The molecule has 4 nitrogen and oxygen atoms in total. The van der Waals surface area contributed by atoms with Gasteiger partial charge in [-0.25, -0.2) is 14.4 Å². The fourth-order valence-corrected chi connectivity index (χ4v) is 3.15. The zero-order valence-corrected chi connectivity index (χ0v) is 12.7. The Balaban J connectivity index is 1.65. The van der Waals surface area contributed by atoms with Crippen LogP contribution in [0.25, 0.3) is 10.9 Å². The molecule has 3 aromatic rings. The maximum absolute atomic E-state index is 13.0. The number of aryl methyl sites for hydroxylation is 1. The maximum Gasteiger partial charge on any atom is 0.140 e. The van der Waals surface area contributed by atoms with E-state index in [4.69, 9.17) is 0 Å². The Labute approximate surface area is 133 Å². The number of fused-ring (bicyclic) bond motifs is 1. The Hall–Kier alpha value is -2.53. The molecule has 1 N–H and O–H groups in total. The Bertz CT molecular complexity index is 873. The lowest BCUT2D eigenvalue weighted by Crippen LogP contribution is -2.60. The summed E-state index contributed by atoms with van der Waals surface area (Å²) in [6, 6.07) is 12.0. The number of halogens is 1. The smallest absolute Gasteiger partial charge is 0.140 e. The molecule has 1 saturated heterocycles. The van der Waals surface area contributed by atoms with Crippen LogP contribution in [0.4, 0.5) is 10.2 Å². The third-order valence-corrected chi connectivity index (χ3v) is 4.43. The Kier molecular flexibility index (Phi) is 3.06. The summed E-state index contributed by atoms with van der Waals surface area (Å²) in [5, 5.41) is 11.7. The van der Waals surface area contributed by atoms with Crippen LogP contribution in [-0.4, -0.2) is 28.2 Å². The van der Waals surface area contributed by atoms with Crippen LogP contribution in [0.1, 0.15) is 11.1 Å². The lowest BCUT2D eigenvalue weighted by molar-refractivity contribution is 0.00718. The number of benzene rings is 2. The van der Waals surface area contributed by atoms with Crippen molar-refractivity contribution in [3.05, 3.63) is 65.7 Å². The quantitative estimate of drug-likeness (QED) is 0.791. The summed E-state index contributed by atoms with van der Waals surface area (Å²) in [6.45, 7) is 2.88. The molecule has 0 aliphatic carbocycles. The third kappa shape index (κ3) is 2.24. The molecule has 0 atom stereocenters. The van der Waals surface area contributed by atoms with Crippen LogP contribution in [0.15, 0.2) is 48.8 Å². The van der Waals surface area contributed by atoms with Gasteiger partial charge in [0.15, 0.2) is 0 Å². The average Bonchev–Trinajstić information content (AvgIpc) is 2.53. The topological polar surface area (TPSA) is 49.2 Å². The van der Waals surface area contributed by atoms with Crippen LogP contribution in [-0.2, 0) is 5.60 Å². The summed E-state index contributed by atoms with van der Waals surface area (Å²) in [5.74, 6) is 0.524. The van der Waals surface area contributed by atoms with E-state index in [0.717, 1.165) is 27.8 Å². The number of rotatable bonds is 2. The first-order chi connectivity index (χ1) is 11.1. The molecule has 1 aliphatic rings. The van der Waals surface area contributed by atoms with Gasteiger partial charge in [-0.3, -0.25) is 0 Å². The SMILES string of the molecule is Cc1cccc2c(N3CC(O)(c4ccc(F)cc4)C3)ncnc12. The van der Waals surface area contributed by atoms with E-state index in [9.17, 15) is 9.50 Å². The number of anilines is 1. The van der Waals surface area contributed by atoms with E-state index >= 15 is 0 Å². The third-order valence-electron chi connectivity index (χ3n) is 4.43. The molecule has 0 bridgehead atoms. The van der Waals surface area contributed by atoms with Crippen molar-refractivity contribution in [3.8, 4) is 0 Å². The highest BCUT2D eigenvalue weighted by molar-refractivity contribution is 5.91. The number of aliphatic hydroxyl groups is 1. The van der Waals surface area contributed by atoms with Gasteiger partial charge >= 0.3 is 0 Å². The van der Waals surface area contributed by atoms with E-state index in [-0.39, 0.29) is 5.82 Å². The minimum Gasteiger partial charge on any atom is -0.381 e. The number of hydrogen-bond acceptors (Lipinski definition) is 4. The second-order valence-electron chi connectivity index (χ2n) is 6.06. The first-order valence-corrected chi connectivity index (χ1v) is 7.50. The number of aromatic nitrogens is 2. The maximum atomic E-state index is 13.0. The van der Waals surface area contributed by atoms with Gasteiger partial charge in [-0.1, -0.05) is 24.3 Å². The van der Waals surface area contributed by atoms with Crippen LogP contribution in [0, 0.1) is 12.7 Å². The largest absolute Gasteiger partial charge is 0.381 e. The van der Waals surface area contributed by atoms with Crippen molar-refractivity contribution in [1.82, 2.24) is 9.97 Å². The summed E-state index contributed by atoms with van der Waals surface area (Å²) in [7, 11) is 0. The molecule has 1 aromatic heterocycles. The van der Waals surface area contributed by atoms with Crippen LogP contribution < -0.4 is 4.90 Å². The van der Waals surface area contributed by atoms with Gasteiger partial charge in [0.2, 0.25) is 0 Å². The van der Waals surface area contributed by atoms with Crippen LogP contribution in [0.3, 0.4) is 0 Å². The number of hydrogen-bond donors (Lipinski definition) is 1. The van der Waals surface area contributed by atoms with Crippen LogP contribution >= 0.6 is 0 Å². The van der Waals surface area contributed by atoms with Gasteiger partial charge < -0.3 is 10.0 Å². The molecule has 1 fully saturated rings. The molecule has 2 aromatic carbocycles. The minimum absolute atomic E-state index is 0.300. The molecular weight excluding hydrogens is 293 g/mol. The molecule has 0 radical (unpaired) electrons. The lowest BCUT2D eigenvalue weighted by atomic mass is 9.86. The first kappa shape index (κ1) is 14.1.